The molecule has 0 fully saturated rings. The van der Waals surface area contributed by atoms with Gasteiger partial charge in [-0.3, -0.25) is 0 Å². The van der Waals surface area contributed by atoms with Gasteiger partial charge in [-0.2, -0.15) is 0 Å². The minimum absolute atomic E-state index is 0.394. The molecule has 0 N–H and O–H groups in total. The van der Waals surface area contributed by atoms with E-state index in [0.717, 1.165) is 11.1 Å². The number of carbonyl (C=O) groups excluding carboxylic acids is 1. The molecule has 0 bridgehead atoms. The highest BCUT2D eigenvalue weighted by Gasteiger charge is 2.45. The van der Waals surface area contributed by atoms with Gasteiger partial charge in [0, 0.05) is 11.1 Å². The van der Waals surface area contributed by atoms with Crippen LogP contribution in [0.3, 0.4) is 0 Å². The van der Waals surface area contributed by atoms with Gasteiger partial charge in [-0.25, -0.2) is 4.79 Å². The van der Waals surface area contributed by atoms with Gasteiger partial charge in [-0.1, -0.05) is 67.2 Å². The van der Waals surface area contributed by atoms with Crippen molar-refractivity contribution in [3.8, 4) is 0 Å². The van der Waals surface area contributed by atoms with Crippen LogP contribution in [0, 0.1) is 0 Å². The van der Waals surface area contributed by atoms with Crippen LogP contribution in [-0.4, -0.2) is 13.1 Å². The van der Waals surface area contributed by atoms with Gasteiger partial charge < -0.3 is 9.47 Å². The van der Waals surface area contributed by atoms with Crippen LogP contribution in [0.25, 0.3) is 5.76 Å². The van der Waals surface area contributed by atoms with E-state index in [1.807, 2.05) is 67.6 Å². The molecule has 3 rings (SSSR count). The number of benzene rings is 2. The van der Waals surface area contributed by atoms with E-state index >= 15 is 0 Å². The second-order valence-electron chi connectivity index (χ2n) is 5.54. The average molecular weight is 306 g/mol. The van der Waals surface area contributed by atoms with Crippen LogP contribution in [0.1, 0.15) is 18.1 Å². The summed E-state index contributed by atoms with van der Waals surface area (Å²) in [6, 6.07) is 19.3. The van der Waals surface area contributed by atoms with E-state index in [9.17, 15) is 4.79 Å². The molecule has 0 amide bonds. The van der Waals surface area contributed by atoms with Gasteiger partial charge in [-0.05, 0) is 12.5 Å². The van der Waals surface area contributed by atoms with Crippen LogP contribution in [0.4, 0.5) is 0 Å². The van der Waals surface area contributed by atoms with Crippen LogP contribution in [-0.2, 0) is 19.9 Å². The van der Waals surface area contributed by atoms with E-state index in [0.29, 0.717) is 16.9 Å². The van der Waals surface area contributed by atoms with Crippen molar-refractivity contribution in [3.05, 3.63) is 89.5 Å². The monoisotopic (exact) mass is 306 g/mol. The maximum atomic E-state index is 12.3. The quantitative estimate of drug-likeness (QED) is 0.802. The number of methoxy groups -OCH3 is 1. The van der Waals surface area contributed by atoms with E-state index < -0.39 is 11.6 Å². The predicted molar refractivity (Wildman–Crippen MR) is 89.4 cm³/mol. The lowest BCUT2D eigenvalue weighted by Gasteiger charge is -2.27. The number of ether oxygens (including phenoxy) is 2. The van der Waals surface area contributed by atoms with Crippen molar-refractivity contribution in [2.75, 3.05) is 7.11 Å². The summed E-state index contributed by atoms with van der Waals surface area (Å²) in [4.78, 5) is 12.3. The third kappa shape index (κ3) is 2.44. The number of esters is 1. The summed E-state index contributed by atoms with van der Waals surface area (Å²) in [7, 11) is 1.36. The Balaban J connectivity index is 2.14. The number of hydrogen-bond donors (Lipinski definition) is 0. The topological polar surface area (TPSA) is 35.5 Å². The normalized spacial score (nSPS) is 20.3. The molecular weight excluding hydrogens is 288 g/mol. The zero-order valence-electron chi connectivity index (χ0n) is 13.2. The highest BCUT2D eigenvalue weighted by Crippen LogP contribution is 2.48. The van der Waals surface area contributed by atoms with Crippen molar-refractivity contribution in [1.29, 1.82) is 0 Å². The fourth-order valence-electron chi connectivity index (χ4n) is 2.79. The molecule has 116 valence electrons. The zero-order chi connectivity index (χ0) is 16.4. The van der Waals surface area contributed by atoms with E-state index in [1.54, 1.807) is 0 Å². The number of rotatable bonds is 3. The second-order valence-corrected chi connectivity index (χ2v) is 5.54. The molecule has 0 aromatic heterocycles. The first-order chi connectivity index (χ1) is 11.1. The van der Waals surface area contributed by atoms with Gasteiger partial charge in [0.05, 0.1) is 7.11 Å². The fourth-order valence-corrected chi connectivity index (χ4v) is 2.79. The van der Waals surface area contributed by atoms with Crippen LogP contribution >= 0.6 is 0 Å². The average Bonchev–Trinajstić information content (AvgIpc) is 2.88. The Bertz CT molecular complexity index is 775. The third-order valence-electron chi connectivity index (χ3n) is 4.16. The van der Waals surface area contributed by atoms with E-state index in [-0.39, 0.29) is 0 Å². The van der Waals surface area contributed by atoms with E-state index in [4.69, 9.17) is 9.47 Å². The molecule has 3 heteroatoms. The minimum atomic E-state index is -0.796. The Morgan fingerprint density at radius 2 is 1.61 bits per heavy atom. The molecule has 0 radical (unpaired) electrons. The molecule has 1 atom stereocenters. The summed E-state index contributed by atoms with van der Waals surface area (Å²) < 4.78 is 11.2. The molecule has 0 aliphatic carbocycles. The first kappa shape index (κ1) is 15.1. The molecule has 2 aromatic rings. The van der Waals surface area contributed by atoms with E-state index in [2.05, 4.69) is 6.58 Å². The zero-order valence-corrected chi connectivity index (χ0v) is 13.2. The summed E-state index contributed by atoms with van der Waals surface area (Å²) in [5.74, 6) is 0.0716. The molecule has 2 aromatic carbocycles. The Morgan fingerprint density at radius 3 is 2.17 bits per heavy atom. The summed E-state index contributed by atoms with van der Waals surface area (Å²) in [6.07, 6.45) is 0. The molecule has 1 aliphatic heterocycles. The maximum Gasteiger partial charge on any atom is 0.342 e. The second kappa shape index (κ2) is 5.76. The van der Waals surface area contributed by atoms with Crippen molar-refractivity contribution in [2.45, 2.75) is 12.5 Å². The van der Waals surface area contributed by atoms with Crippen molar-refractivity contribution in [3.63, 3.8) is 0 Å². The summed E-state index contributed by atoms with van der Waals surface area (Å²) in [5.41, 5.74) is 1.97. The van der Waals surface area contributed by atoms with Crippen molar-refractivity contribution in [1.82, 2.24) is 0 Å². The molecule has 3 nitrogen and oxygen atoms in total. The van der Waals surface area contributed by atoms with Crippen LogP contribution < -0.4 is 0 Å². The molecule has 0 spiro atoms. The lowest BCUT2D eigenvalue weighted by Crippen LogP contribution is -2.24. The van der Waals surface area contributed by atoms with Crippen LogP contribution in [0.15, 0.2) is 78.4 Å². The lowest BCUT2D eigenvalue weighted by atomic mass is 9.86. The van der Waals surface area contributed by atoms with Crippen LogP contribution in [0.2, 0.25) is 0 Å². The molecule has 1 aliphatic rings. The predicted octanol–water partition coefficient (Wildman–Crippen LogP) is 4.07. The maximum absolute atomic E-state index is 12.3. The lowest BCUT2D eigenvalue weighted by molar-refractivity contribution is -0.135. The van der Waals surface area contributed by atoms with Gasteiger partial charge >= 0.3 is 5.97 Å². The Hall–Kier alpha value is -2.81. The van der Waals surface area contributed by atoms with Gasteiger partial charge in [0.2, 0.25) is 0 Å². The highest BCUT2D eigenvalue weighted by molar-refractivity contribution is 6.02. The van der Waals surface area contributed by atoms with Gasteiger partial charge in [0.15, 0.2) is 5.60 Å². The van der Waals surface area contributed by atoms with Gasteiger partial charge in [-0.15, -0.1) is 0 Å². The first-order valence-corrected chi connectivity index (χ1v) is 7.40. The van der Waals surface area contributed by atoms with Crippen LogP contribution in [0.5, 0.6) is 0 Å². The fraction of sp³-hybridized carbons (Fsp3) is 0.150. The molecular formula is C20H18O3. The first-order valence-electron chi connectivity index (χ1n) is 7.40. The standard InChI is InChI=1S/C20H18O3/c1-14-17(19(21)22-3)18(15-10-6-4-7-11-15)23-20(14,2)16-12-8-5-9-13-16/h4-13H,1H2,2-3H3/t20-/m1/s1. The molecule has 0 saturated heterocycles. The molecule has 0 unspecified atom stereocenters. The van der Waals surface area contributed by atoms with Crippen molar-refractivity contribution in [2.24, 2.45) is 0 Å². The smallest absolute Gasteiger partial charge is 0.342 e. The summed E-state index contributed by atoms with van der Waals surface area (Å²) in [5, 5.41) is 0. The number of hydrogen-bond acceptors (Lipinski definition) is 3. The summed E-state index contributed by atoms with van der Waals surface area (Å²) >= 11 is 0. The third-order valence-corrected chi connectivity index (χ3v) is 4.16. The van der Waals surface area contributed by atoms with Gasteiger partial charge in [0.1, 0.15) is 11.3 Å². The van der Waals surface area contributed by atoms with Gasteiger partial charge in [0.25, 0.3) is 0 Å². The largest absolute Gasteiger partial charge is 0.477 e. The minimum Gasteiger partial charge on any atom is -0.477 e. The van der Waals surface area contributed by atoms with E-state index in [1.165, 1.54) is 7.11 Å². The Morgan fingerprint density at radius 1 is 1.04 bits per heavy atom. The highest BCUT2D eigenvalue weighted by atomic mass is 16.5. The summed E-state index contributed by atoms with van der Waals surface area (Å²) in [6.45, 7) is 6.05. The number of carbonyl (C=O) groups is 1. The van der Waals surface area contributed by atoms with Crippen molar-refractivity contribution < 1.29 is 14.3 Å². The molecule has 23 heavy (non-hydrogen) atoms. The Kier molecular flexibility index (Phi) is 3.78. The molecule has 1 heterocycles. The van der Waals surface area contributed by atoms with Crippen molar-refractivity contribution >= 4 is 11.7 Å². The SMILES string of the molecule is C=C1C(C(=O)OC)=C(c2ccccc2)O[C@@]1(C)c1ccccc1. The Labute approximate surface area is 135 Å². The molecule has 0 saturated carbocycles.